The summed E-state index contributed by atoms with van der Waals surface area (Å²) in [5.41, 5.74) is 0.382. The Morgan fingerprint density at radius 3 is 1.89 bits per heavy atom. The normalized spacial score (nSPS) is 11.6. The van der Waals surface area contributed by atoms with Gasteiger partial charge in [0, 0.05) is 0 Å². The maximum absolute atomic E-state index is 5.10. The van der Waals surface area contributed by atoms with Gasteiger partial charge in [-0.1, -0.05) is 39.9 Å². The minimum atomic E-state index is 0.382. The van der Waals surface area contributed by atoms with Crippen molar-refractivity contribution >= 4 is 17.1 Å². The minimum Gasteiger partial charge on any atom is -0.0897 e. The largest absolute Gasteiger partial charge is 0.0897 e. The van der Waals surface area contributed by atoms with Crippen LogP contribution in [0.15, 0.2) is 0 Å². The van der Waals surface area contributed by atoms with E-state index in [-0.39, 0.29) is 0 Å². The van der Waals surface area contributed by atoms with Gasteiger partial charge >= 0.3 is 0 Å². The molecule has 0 aliphatic rings. The monoisotopic (exact) mass is 144 g/mol. The van der Waals surface area contributed by atoms with E-state index < -0.39 is 0 Å². The first-order valence-corrected chi connectivity index (χ1v) is 3.88. The van der Waals surface area contributed by atoms with Crippen molar-refractivity contribution in [2.45, 2.75) is 40.5 Å². The van der Waals surface area contributed by atoms with E-state index in [1.807, 2.05) is 0 Å². The standard InChI is InChI=1S/C8H16S/c1-5-7(9)6-8(2,3)4/h5-6H2,1-4H3. The number of hydrogen-bond donors (Lipinski definition) is 0. The van der Waals surface area contributed by atoms with Crippen LogP contribution in [0.25, 0.3) is 0 Å². The van der Waals surface area contributed by atoms with E-state index in [4.69, 9.17) is 12.2 Å². The number of hydrogen-bond acceptors (Lipinski definition) is 1. The van der Waals surface area contributed by atoms with Crippen LogP contribution >= 0.6 is 12.2 Å². The average Bonchev–Trinajstić information content (AvgIpc) is 1.62. The molecule has 0 atom stereocenters. The van der Waals surface area contributed by atoms with Crippen molar-refractivity contribution in [1.29, 1.82) is 0 Å². The summed E-state index contributed by atoms with van der Waals surface area (Å²) < 4.78 is 0. The van der Waals surface area contributed by atoms with E-state index in [0.29, 0.717) is 5.41 Å². The molecule has 0 spiro atoms. The Balaban J connectivity index is 3.60. The fraction of sp³-hybridized carbons (Fsp3) is 0.875. The van der Waals surface area contributed by atoms with Gasteiger partial charge in [0.2, 0.25) is 0 Å². The summed E-state index contributed by atoms with van der Waals surface area (Å²) in [6.07, 6.45) is 2.13. The van der Waals surface area contributed by atoms with Crippen molar-refractivity contribution in [2.75, 3.05) is 0 Å². The van der Waals surface area contributed by atoms with Crippen LogP contribution in [-0.2, 0) is 0 Å². The maximum atomic E-state index is 5.10. The quantitative estimate of drug-likeness (QED) is 0.536. The lowest BCUT2D eigenvalue weighted by Crippen LogP contribution is -2.10. The highest BCUT2D eigenvalue weighted by atomic mass is 32.1. The minimum absolute atomic E-state index is 0.382. The fourth-order valence-corrected chi connectivity index (χ4v) is 1.15. The van der Waals surface area contributed by atoms with Gasteiger partial charge in [-0.25, -0.2) is 0 Å². The summed E-state index contributed by atoms with van der Waals surface area (Å²) in [5.74, 6) is 0. The summed E-state index contributed by atoms with van der Waals surface area (Å²) in [6.45, 7) is 8.77. The summed E-state index contributed by atoms with van der Waals surface area (Å²) in [6, 6.07) is 0. The highest BCUT2D eigenvalue weighted by molar-refractivity contribution is 7.80. The molecule has 0 rings (SSSR count). The van der Waals surface area contributed by atoms with Crippen LogP contribution in [-0.4, -0.2) is 4.86 Å². The van der Waals surface area contributed by atoms with E-state index >= 15 is 0 Å². The fourth-order valence-electron chi connectivity index (χ4n) is 0.717. The van der Waals surface area contributed by atoms with E-state index in [2.05, 4.69) is 27.7 Å². The van der Waals surface area contributed by atoms with Crippen LogP contribution in [0.5, 0.6) is 0 Å². The third-order valence-corrected chi connectivity index (χ3v) is 1.55. The van der Waals surface area contributed by atoms with Gasteiger partial charge in [0.05, 0.1) is 0 Å². The van der Waals surface area contributed by atoms with E-state index in [0.717, 1.165) is 12.8 Å². The highest BCUT2D eigenvalue weighted by Crippen LogP contribution is 2.19. The lowest BCUT2D eigenvalue weighted by atomic mass is 9.90. The molecular weight excluding hydrogens is 128 g/mol. The molecule has 0 N–H and O–H groups in total. The van der Waals surface area contributed by atoms with Crippen LogP contribution in [0.3, 0.4) is 0 Å². The van der Waals surface area contributed by atoms with Crippen LogP contribution in [0.1, 0.15) is 40.5 Å². The van der Waals surface area contributed by atoms with E-state index in [1.165, 1.54) is 4.86 Å². The first kappa shape index (κ1) is 9.09. The zero-order chi connectivity index (χ0) is 7.49. The molecule has 0 aromatic carbocycles. The molecule has 0 bridgehead atoms. The van der Waals surface area contributed by atoms with Crippen LogP contribution in [0.2, 0.25) is 0 Å². The molecule has 0 nitrogen and oxygen atoms in total. The molecule has 54 valence electrons. The first-order chi connectivity index (χ1) is 3.95. The van der Waals surface area contributed by atoms with E-state index in [9.17, 15) is 0 Å². The third-order valence-electron chi connectivity index (χ3n) is 1.12. The molecule has 0 fully saturated rings. The Morgan fingerprint density at radius 1 is 1.33 bits per heavy atom. The Hall–Kier alpha value is 0.0900. The second-order valence-electron chi connectivity index (χ2n) is 3.63. The molecule has 1 heteroatoms. The Labute approximate surface area is 63.7 Å². The summed E-state index contributed by atoms with van der Waals surface area (Å²) in [7, 11) is 0. The molecule has 0 aliphatic carbocycles. The van der Waals surface area contributed by atoms with Crippen molar-refractivity contribution in [1.82, 2.24) is 0 Å². The van der Waals surface area contributed by atoms with Crippen molar-refractivity contribution in [3.8, 4) is 0 Å². The molecule has 0 saturated carbocycles. The Bertz CT molecular complexity index is 97.6. The van der Waals surface area contributed by atoms with Gasteiger partial charge in [0.1, 0.15) is 0 Å². The molecule has 0 saturated heterocycles. The maximum Gasteiger partial charge on any atom is -0.00690 e. The summed E-state index contributed by atoms with van der Waals surface area (Å²) >= 11 is 5.10. The zero-order valence-corrected chi connectivity index (χ0v) is 7.64. The lowest BCUT2D eigenvalue weighted by molar-refractivity contribution is 0.434. The van der Waals surface area contributed by atoms with Crippen LogP contribution in [0.4, 0.5) is 0 Å². The predicted molar refractivity (Wildman–Crippen MR) is 47.0 cm³/mol. The van der Waals surface area contributed by atoms with Gasteiger partial charge in [-0.2, -0.15) is 0 Å². The second-order valence-corrected chi connectivity index (χ2v) is 4.21. The Morgan fingerprint density at radius 2 is 1.78 bits per heavy atom. The second kappa shape index (κ2) is 3.31. The smallest absolute Gasteiger partial charge is 0.00690 e. The van der Waals surface area contributed by atoms with E-state index in [1.54, 1.807) is 0 Å². The Kier molecular flexibility index (Phi) is 3.34. The predicted octanol–water partition coefficient (Wildman–Crippen LogP) is 3.20. The molecule has 0 unspecified atom stereocenters. The van der Waals surface area contributed by atoms with Gasteiger partial charge in [0.15, 0.2) is 0 Å². The van der Waals surface area contributed by atoms with Gasteiger partial charge in [0.25, 0.3) is 0 Å². The average molecular weight is 144 g/mol. The summed E-state index contributed by atoms with van der Waals surface area (Å²) in [4.78, 5) is 1.20. The van der Waals surface area contributed by atoms with Crippen molar-refractivity contribution < 1.29 is 0 Å². The van der Waals surface area contributed by atoms with Crippen LogP contribution < -0.4 is 0 Å². The van der Waals surface area contributed by atoms with Gasteiger partial charge < -0.3 is 0 Å². The van der Waals surface area contributed by atoms with Crippen LogP contribution in [0, 0.1) is 5.41 Å². The topological polar surface area (TPSA) is 0 Å². The zero-order valence-electron chi connectivity index (χ0n) is 6.82. The molecule has 0 aliphatic heterocycles. The number of thiocarbonyl (C=S) groups is 1. The molecule has 0 aromatic heterocycles. The van der Waals surface area contributed by atoms with Gasteiger partial charge in [-0.15, -0.1) is 0 Å². The van der Waals surface area contributed by atoms with Gasteiger partial charge in [-0.3, -0.25) is 0 Å². The molecule has 0 heterocycles. The molecule has 0 radical (unpaired) electrons. The van der Waals surface area contributed by atoms with Crippen molar-refractivity contribution in [3.63, 3.8) is 0 Å². The van der Waals surface area contributed by atoms with Crippen molar-refractivity contribution in [3.05, 3.63) is 0 Å². The number of rotatable bonds is 2. The van der Waals surface area contributed by atoms with Gasteiger partial charge in [-0.05, 0) is 23.1 Å². The third kappa shape index (κ3) is 5.97. The molecule has 0 aromatic rings. The highest BCUT2D eigenvalue weighted by Gasteiger charge is 2.11. The van der Waals surface area contributed by atoms with Crippen molar-refractivity contribution in [2.24, 2.45) is 5.41 Å². The first-order valence-electron chi connectivity index (χ1n) is 3.47. The molecule has 0 amide bonds. The lowest BCUT2D eigenvalue weighted by Gasteiger charge is -2.17. The summed E-state index contributed by atoms with van der Waals surface area (Å²) in [5, 5.41) is 0. The SMILES string of the molecule is CCC(=S)CC(C)(C)C. The molecule has 9 heavy (non-hydrogen) atoms. The molecular formula is C8H16S.